The number of rotatable bonds is 2. The Labute approximate surface area is 111 Å². The fraction of sp³-hybridized carbons (Fsp3) is 0.538. The van der Waals surface area contributed by atoms with Crippen molar-refractivity contribution in [1.29, 1.82) is 0 Å². The molecule has 1 aromatic carbocycles. The van der Waals surface area contributed by atoms with E-state index in [9.17, 15) is 4.39 Å². The minimum atomic E-state index is -0.293. The molecule has 0 bridgehead atoms. The maximum atomic E-state index is 13.3. The van der Waals surface area contributed by atoms with Gasteiger partial charge in [0.1, 0.15) is 5.82 Å². The number of hydrogen-bond acceptors (Lipinski definition) is 1. The van der Waals surface area contributed by atoms with Gasteiger partial charge in [-0.25, -0.2) is 4.39 Å². The molecule has 1 heterocycles. The second-order valence-electron chi connectivity index (χ2n) is 4.55. The van der Waals surface area contributed by atoms with E-state index in [1.807, 2.05) is 6.92 Å². The predicted octanol–water partition coefficient (Wildman–Crippen LogP) is 4.49. The zero-order valence-electron chi connectivity index (χ0n) is 9.84. The molecule has 4 heteroatoms. The molecule has 1 aliphatic rings. The number of hydrogen-bond donors (Lipinski definition) is 0. The average molecular weight is 277 g/mol. The van der Waals surface area contributed by atoms with Gasteiger partial charge in [-0.15, -0.1) is 11.6 Å². The van der Waals surface area contributed by atoms with E-state index in [1.165, 1.54) is 6.07 Å². The molecule has 3 unspecified atom stereocenters. The first-order valence-corrected chi connectivity index (χ1v) is 6.53. The quantitative estimate of drug-likeness (QED) is 0.723. The summed E-state index contributed by atoms with van der Waals surface area (Å²) < 4.78 is 18.8. The zero-order chi connectivity index (χ0) is 12.6. The molecule has 0 radical (unpaired) electrons. The van der Waals surface area contributed by atoms with Gasteiger partial charge in [-0.1, -0.05) is 17.7 Å². The van der Waals surface area contributed by atoms with Crippen molar-refractivity contribution in [3.63, 3.8) is 0 Å². The molecule has 94 valence electrons. The maximum absolute atomic E-state index is 13.3. The topological polar surface area (TPSA) is 9.23 Å². The Bertz CT molecular complexity index is 422. The summed E-state index contributed by atoms with van der Waals surface area (Å²) in [5.74, 6) is -0.0580. The molecule has 0 aliphatic carbocycles. The van der Waals surface area contributed by atoms with Crippen LogP contribution in [-0.4, -0.2) is 12.7 Å². The van der Waals surface area contributed by atoms with Crippen LogP contribution in [0.5, 0.6) is 0 Å². The van der Waals surface area contributed by atoms with Gasteiger partial charge in [-0.3, -0.25) is 0 Å². The molecule has 1 aliphatic heterocycles. The van der Waals surface area contributed by atoms with Crippen molar-refractivity contribution in [3.8, 4) is 0 Å². The van der Waals surface area contributed by atoms with Crippen LogP contribution in [0, 0.1) is 18.7 Å². The van der Waals surface area contributed by atoms with Gasteiger partial charge in [0.15, 0.2) is 0 Å². The molecule has 0 aromatic heterocycles. The fourth-order valence-electron chi connectivity index (χ4n) is 2.25. The highest BCUT2D eigenvalue weighted by atomic mass is 35.5. The number of aryl methyl sites for hydroxylation is 1. The lowest BCUT2D eigenvalue weighted by Crippen LogP contribution is -2.17. The van der Waals surface area contributed by atoms with E-state index in [2.05, 4.69) is 0 Å². The van der Waals surface area contributed by atoms with Gasteiger partial charge in [-0.2, -0.15) is 0 Å². The average Bonchev–Trinajstić information content (AvgIpc) is 2.69. The predicted molar refractivity (Wildman–Crippen MR) is 68.3 cm³/mol. The molecule has 1 saturated heterocycles. The van der Waals surface area contributed by atoms with Crippen molar-refractivity contribution in [2.45, 2.75) is 31.7 Å². The Balaban J connectivity index is 2.30. The van der Waals surface area contributed by atoms with Gasteiger partial charge in [0.25, 0.3) is 0 Å². The van der Waals surface area contributed by atoms with Crippen molar-refractivity contribution in [1.82, 2.24) is 0 Å². The summed E-state index contributed by atoms with van der Waals surface area (Å²) in [5, 5.41) is 0.173. The van der Waals surface area contributed by atoms with Gasteiger partial charge in [0.2, 0.25) is 0 Å². The Morgan fingerprint density at radius 3 is 2.76 bits per heavy atom. The highest BCUT2D eigenvalue weighted by Gasteiger charge is 2.32. The van der Waals surface area contributed by atoms with Gasteiger partial charge in [0, 0.05) is 17.5 Å². The molecule has 1 fully saturated rings. The van der Waals surface area contributed by atoms with Crippen molar-refractivity contribution in [3.05, 3.63) is 34.1 Å². The highest BCUT2D eigenvalue weighted by Crippen LogP contribution is 2.41. The summed E-state index contributed by atoms with van der Waals surface area (Å²) in [7, 11) is 0. The Kier molecular flexibility index (Phi) is 3.96. The lowest BCUT2D eigenvalue weighted by Gasteiger charge is -2.21. The van der Waals surface area contributed by atoms with E-state index in [4.69, 9.17) is 27.9 Å². The third kappa shape index (κ3) is 2.59. The van der Waals surface area contributed by atoms with Crippen LogP contribution in [-0.2, 0) is 4.74 Å². The molecule has 0 spiro atoms. The van der Waals surface area contributed by atoms with E-state index in [0.717, 1.165) is 18.6 Å². The Hall–Kier alpha value is -0.310. The molecule has 0 amide bonds. The molecule has 1 nitrogen and oxygen atoms in total. The number of benzene rings is 1. The SMILES string of the molecule is Cc1cc(C(Cl)C2CCOC2C)c(Cl)cc1F. The second kappa shape index (κ2) is 5.13. The van der Waals surface area contributed by atoms with Crippen molar-refractivity contribution in [2.75, 3.05) is 6.61 Å². The molecule has 2 rings (SSSR count). The first-order valence-electron chi connectivity index (χ1n) is 5.72. The van der Waals surface area contributed by atoms with Crippen LogP contribution >= 0.6 is 23.2 Å². The van der Waals surface area contributed by atoms with E-state index in [1.54, 1.807) is 13.0 Å². The molecular weight excluding hydrogens is 262 g/mol. The van der Waals surface area contributed by atoms with E-state index in [-0.39, 0.29) is 23.2 Å². The number of alkyl halides is 1. The fourth-order valence-corrected chi connectivity index (χ4v) is 3.09. The summed E-state index contributed by atoms with van der Waals surface area (Å²) in [6, 6.07) is 3.07. The summed E-state index contributed by atoms with van der Waals surface area (Å²) in [4.78, 5) is 0. The van der Waals surface area contributed by atoms with Crippen molar-refractivity contribution in [2.24, 2.45) is 5.92 Å². The van der Waals surface area contributed by atoms with Gasteiger partial charge >= 0.3 is 0 Å². The minimum absolute atomic E-state index is 0.124. The van der Waals surface area contributed by atoms with Gasteiger partial charge in [-0.05, 0) is 37.5 Å². The van der Waals surface area contributed by atoms with Crippen LogP contribution in [0.4, 0.5) is 4.39 Å². The van der Waals surface area contributed by atoms with Crippen molar-refractivity contribution >= 4 is 23.2 Å². The second-order valence-corrected chi connectivity index (χ2v) is 5.43. The third-order valence-corrected chi connectivity index (χ3v) is 4.27. The third-order valence-electron chi connectivity index (χ3n) is 3.39. The summed E-state index contributed by atoms with van der Waals surface area (Å²) in [6.07, 6.45) is 1.04. The summed E-state index contributed by atoms with van der Waals surface area (Å²) in [6.45, 7) is 4.46. The Morgan fingerprint density at radius 2 is 2.18 bits per heavy atom. The van der Waals surface area contributed by atoms with Gasteiger partial charge in [0.05, 0.1) is 11.5 Å². The van der Waals surface area contributed by atoms with Crippen LogP contribution in [0.25, 0.3) is 0 Å². The summed E-state index contributed by atoms with van der Waals surface area (Å²) >= 11 is 12.5. The Morgan fingerprint density at radius 1 is 1.47 bits per heavy atom. The van der Waals surface area contributed by atoms with E-state index in [0.29, 0.717) is 10.6 Å². The monoisotopic (exact) mass is 276 g/mol. The lowest BCUT2D eigenvalue weighted by atomic mass is 9.92. The molecule has 0 saturated carbocycles. The van der Waals surface area contributed by atoms with Crippen LogP contribution in [0.3, 0.4) is 0 Å². The molecule has 3 atom stereocenters. The molecular formula is C13H15Cl2FO. The summed E-state index contributed by atoms with van der Waals surface area (Å²) in [5.41, 5.74) is 1.37. The molecule has 0 N–H and O–H groups in total. The number of halogens is 3. The van der Waals surface area contributed by atoms with E-state index < -0.39 is 0 Å². The highest BCUT2D eigenvalue weighted by molar-refractivity contribution is 6.32. The number of ether oxygens (including phenoxy) is 1. The van der Waals surface area contributed by atoms with Crippen LogP contribution < -0.4 is 0 Å². The van der Waals surface area contributed by atoms with Crippen LogP contribution in [0.2, 0.25) is 5.02 Å². The normalized spacial score (nSPS) is 26.2. The van der Waals surface area contributed by atoms with E-state index >= 15 is 0 Å². The minimum Gasteiger partial charge on any atom is -0.378 e. The molecule has 1 aromatic rings. The first-order chi connectivity index (χ1) is 8.00. The van der Waals surface area contributed by atoms with Crippen molar-refractivity contribution < 1.29 is 9.13 Å². The van der Waals surface area contributed by atoms with Crippen LogP contribution in [0.1, 0.15) is 29.8 Å². The standard InChI is InChI=1S/C13H15Cl2FO/c1-7-5-10(11(14)6-12(7)16)13(15)9-3-4-17-8(9)2/h5-6,8-9,13H,3-4H2,1-2H3. The largest absolute Gasteiger partial charge is 0.378 e. The zero-order valence-corrected chi connectivity index (χ0v) is 11.4. The smallest absolute Gasteiger partial charge is 0.127 e. The maximum Gasteiger partial charge on any atom is 0.127 e. The first kappa shape index (κ1) is 13.1. The van der Waals surface area contributed by atoms with Gasteiger partial charge < -0.3 is 4.74 Å². The van der Waals surface area contributed by atoms with Crippen LogP contribution in [0.15, 0.2) is 12.1 Å². The molecule has 17 heavy (non-hydrogen) atoms. The lowest BCUT2D eigenvalue weighted by molar-refractivity contribution is 0.105.